The normalized spacial score (nSPS) is 28.4. The molecule has 2 aliphatic heterocycles. The molecule has 3 rings (SSSR count). The van der Waals surface area contributed by atoms with E-state index < -0.39 is 0 Å². The molecule has 2 atom stereocenters. The van der Waals surface area contributed by atoms with Crippen LogP contribution in [0.5, 0.6) is 0 Å². The topological polar surface area (TPSA) is 32.3 Å². The molecule has 2 fully saturated rings. The number of carbonyl (C=O) groups excluding carboxylic acids is 1. The summed E-state index contributed by atoms with van der Waals surface area (Å²) in [6.07, 6.45) is 0. The molecule has 86 valence electrons. The Hall–Kier alpha value is -0.390. The SMILES string of the molecule is O=C(c1cc(Br)cs1)N1C[C@H]2CNC[C@H]2C1. The third kappa shape index (κ3) is 1.81. The second-order valence-corrected chi connectivity index (χ2v) is 6.34. The van der Waals surface area contributed by atoms with E-state index in [1.54, 1.807) is 0 Å². The van der Waals surface area contributed by atoms with Crippen LogP contribution in [0.1, 0.15) is 9.67 Å². The molecule has 0 aliphatic carbocycles. The quantitative estimate of drug-likeness (QED) is 0.858. The summed E-state index contributed by atoms with van der Waals surface area (Å²) in [5.74, 6) is 1.55. The number of likely N-dealkylation sites (tertiary alicyclic amines) is 1. The minimum Gasteiger partial charge on any atom is -0.337 e. The maximum atomic E-state index is 12.2. The van der Waals surface area contributed by atoms with Crippen LogP contribution in [0.3, 0.4) is 0 Å². The van der Waals surface area contributed by atoms with E-state index in [9.17, 15) is 4.79 Å². The van der Waals surface area contributed by atoms with E-state index in [2.05, 4.69) is 21.2 Å². The van der Waals surface area contributed by atoms with Crippen molar-refractivity contribution in [2.45, 2.75) is 0 Å². The van der Waals surface area contributed by atoms with Gasteiger partial charge in [-0.3, -0.25) is 4.79 Å². The lowest BCUT2D eigenvalue weighted by molar-refractivity contribution is 0.0786. The standard InChI is InChI=1S/C11H13BrN2OS/c12-9-1-10(16-6-9)11(15)14-4-7-2-13-3-8(7)5-14/h1,6-8,13H,2-5H2/t7-,8+. The first-order valence-electron chi connectivity index (χ1n) is 5.48. The maximum Gasteiger partial charge on any atom is 0.263 e. The zero-order valence-corrected chi connectivity index (χ0v) is 11.2. The van der Waals surface area contributed by atoms with Gasteiger partial charge in [-0.15, -0.1) is 11.3 Å². The van der Waals surface area contributed by atoms with Gasteiger partial charge in [0, 0.05) is 36.0 Å². The van der Waals surface area contributed by atoms with Crippen LogP contribution in [-0.2, 0) is 0 Å². The lowest BCUT2D eigenvalue weighted by Gasteiger charge is -2.16. The van der Waals surface area contributed by atoms with Crippen molar-refractivity contribution in [1.82, 2.24) is 10.2 Å². The minimum atomic E-state index is 0.199. The number of hydrogen-bond donors (Lipinski definition) is 1. The minimum absolute atomic E-state index is 0.199. The predicted molar refractivity (Wildman–Crippen MR) is 67.8 cm³/mol. The molecule has 16 heavy (non-hydrogen) atoms. The maximum absolute atomic E-state index is 12.2. The fourth-order valence-electron chi connectivity index (χ4n) is 2.60. The number of thiophene rings is 1. The first-order valence-corrected chi connectivity index (χ1v) is 7.15. The molecule has 0 unspecified atom stereocenters. The van der Waals surface area contributed by atoms with Crippen LogP contribution >= 0.6 is 27.3 Å². The molecule has 1 amide bonds. The van der Waals surface area contributed by atoms with E-state index >= 15 is 0 Å². The van der Waals surface area contributed by atoms with Crippen molar-refractivity contribution < 1.29 is 4.79 Å². The molecule has 0 bridgehead atoms. The van der Waals surface area contributed by atoms with Gasteiger partial charge in [0.15, 0.2) is 0 Å². The lowest BCUT2D eigenvalue weighted by Crippen LogP contribution is -2.31. The number of rotatable bonds is 1. The van der Waals surface area contributed by atoms with Crippen molar-refractivity contribution in [2.75, 3.05) is 26.2 Å². The van der Waals surface area contributed by atoms with Crippen LogP contribution in [-0.4, -0.2) is 37.0 Å². The third-order valence-corrected chi connectivity index (χ3v) is 5.13. The van der Waals surface area contributed by atoms with Gasteiger partial charge in [0.2, 0.25) is 0 Å². The summed E-state index contributed by atoms with van der Waals surface area (Å²) in [5, 5.41) is 5.35. The molecule has 3 nitrogen and oxygen atoms in total. The molecule has 2 saturated heterocycles. The summed E-state index contributed by atoms with van der Waals surface area (Å²) < 4.78 is 1.00. The average Bonchev–Trinajstić information content (AvgIpc) is 2.89. The Morgan fingerprint density at radius 3 is 2.69 bits per heavy atom. The zero-order valence-electron chi connectivity index (χ0n) is 8.78. The van der Waals surface area contributed by atoms with Crippen LogP contribution in [0.2, 0.25) is 0 Å². The van der Waals surface area contributed by atoms with E-state index in [1.165, 1.54) is 11.3 Å². The van der Waals surface area contributed by atoms with E-state index in [-0.39, 0.29) is 5.91 Å². The lowest BCUT2D eigenvalue weighted by atomic mass is 10.0. The van der Waals surface area contributed by atoms with Crippen molar-refractivity contribution in [3.63, 3.8) is 0 Å². The summed E-state index contributed by atoms with van der Waals surface area (Å²) in [5.41, 5.74) is 0. The first-order chi connectivity index (χ1) is 7.74. The Balaban J connectivity index is 1.73. The molecule has 0 spiro atoms. The third-order valence-electron chi connectivity index (χ3n) is 3.45. The number of nitrogens with one attached hydrogen (secondary N) is 1. The average molecular weight is 301 g/mol. The molecule has 0 aromatic carbocycles. The molecular formula is C11H13BrN2OS. The van der Waals surface area contributed by atoms with Gasteiger partial charge in [-0.1, -0.05) is 0 Å². The molecule has 5 heteroatoms. The molecule has 2 aliphatic rings. The van der Waals surface area contributed by atoms with Crippen LogP contribution in [0, 0.1) is 11.8 Å². The van der Waals surface area contributed by atoms with E-state index in [1.807, 2.05) is 16.3 Å². The Bertz CT molecular complexity index is 408. The number of amides is 1. The Labute approximate surface area is 107 Å². The Kier molecular flexibility index (Phi) is 2.77. The van der Waals surface area contributed by atoms with E-state index in [0.717, 1.165) is 35.5 Å². The van der Waals surface area contributed by atoms with Gasteiger partial charge in [-0.25, -0.2) is 0 Å². The van der Waals surface area contributed by atoms with Gasteiger partial charge < -0.3 is 10.2 Å². The Morgan fingerprint density at radius 2 is 2.12 bits per heavy atom. The fourth-order valence-corrected chi connectivity index (χ4v) is 4.00. The smallest absolute Gasteiger partial charge is 0.263 e. The molecule has 0 saturated carbocycles. The first kappa shape index (κ1) is 10.7. The molecule has 1 aromatic rings. The number of hydrogen-bond acceptors (Lipinski definition) is 3. The molecular weight excluding hydrogens is 288 g/mol. The summed E-state index contributed by atoms with van der Waals surface area (Å²) in [4.78, 5) is 15.0. The van der Waals surface area contributed by atoms with E-state index in [0.29, 0.717) is 11.8 Å². The van der Waals surface area contributed by atoms with Gasteiger partial charge in [0.1, 0.15) is 0 Å². The predicted octanol–water partition coefficient (Wildman–Crippen LogP) is 1.80. The summed E-state index contributed by atoms with van der Waals surface area (Å²) >= 11 is 4.91. The highest BCUT2D eigenvalue weighted by Crippen LogP contribution is 2.29. The highest BCUT2D eigenvalue weighted by molar-refractivity contribution is 9.10. The van der Waals surface area contributed by atoms with Gasteiger partial charge in [-0.2, -0.15) is 0 Å². The van der Waals surface area contributed by atoms with Crippen molar-refractivity contribution in [2.24, 2.45) is 11.8 Å². The summed E-state index contributed by atoms with van der Waals surface area (Å²) in [7, 11) is 0. The van der Waals surface area contributed by atoms with Gasteiger partial charge in [0.05, 0.1) is 4.88 Å². The Morgan fingerprint density at radius 1 is 1.44 bits per heavy atom. The highest BCUT2D eigenvalue weighted by atomic mass is 79.9. The molecule has 0 radical (unpaired) electrons. The van der Waals surface area contributed by atoms with Crippen molar-refractivity contribution in [3.05, 3.63) is 20.8 Å². The molecule has 3 heterocycles. The summed E-state index contributed by atoms with van der Waals surface area (Å²) in [6, 6.07) is 1.92. The van der Waals surface area contributed by atoms with Crippen LogP contribution in [0.4, 0.5) is 0 Å². The number of fused-ring (bicyclic) bond motifs is 1. The second kappa shape index (κ2) is 4.13. The van der Waals surface area contributed by atoms with Crippen molar-refractivity contribution in [3.8, 4) is 0 Å². The monoisotopic (exact) mass is 300 g/mol. The number of carbonyl (C=O) groups is 1. The molecule has 1 N–H and O–H groups in total. The van der Waals surface area contributed by atoms with Gasteiger partial charge in [-0.05, 0) is 33.8 Å². The van der Waals surface area contributed by atoms with Crippen LogP contribution in [0.25, 0.3) is 0 Å². The largest absolute Gasteiger partial charge is 0.337 e. The highest BCUT2D eigenvalue weighted by Gasteiger charge is 2.38. The van der Waals surface area contributed by atoms with Crippen molar-refractivity contribution >= 4 is 33.2 Å². The molecule has 1 aromatic heterocycles. The zero-order chi connectivity index (χ0) is 11.1. The van der Waals surface area contributed by atoms with Gasteiger partial charge >= 0.3 is 0 Å². The summed E-state index contributed by atoms with van der Waals surface area (Å²) in [6.45, 7) is 3.99. The van der Waals surface area contributed by atoms with Crippen LogP contribution < -0.4 is 5.32 Å². The fraction of sp³-hybridized carbons (Fsp3) is 0.545. The van der Waals surface area contributed by atoms with Gasteiger partial charge in [0.25, 0.3) is 5.91 Å². The number of nitrogens with zero attached hydrogens (tertiary/aromatic N) is 1. The van der Waals surface area contributed by atoms with E-state index in [4.69, 9.17) is 0 Å². The second-order valence-electron chi connectivity index (χ2n) is 4.52. The van der Waals surface area contributed by atoms with Crippen molar-refractivity contribution in [1.29, 1.82) is 0 Å². The number of halogens is 1. The van der Waals surface area contributed by atoms with Crippen LogP contribution in [0.15, 0.2) is 15.9 Å².